The second-order valence-electron chi connectivity index (χ2n) is 3.15. The molecule has 0 unspecified atom stereocenters. The van der Waals surface area contributed by atoms with E-state index in [0.29, 0.717) is 6.42 Å². The molecule has 0 aliphatic heterocycles. The number of carbonyl (C=O) groups excluding carboxylic acids is 1. The Labute approximate surface area is 80.7 Å². The summed E-state index contributed by atoms with van der Waals surface area (Å²) in [5.74, 6) is 2.46. The largest absolute Gasteiger partial charge is 0.463 e. The second kappa shape index (κ2) is 7.67. The third kappa shape index (κ3) is 7.39. The molecule has 13 heavy (non-hydrogen) atoms. The van der Waals surface area contributed by atoms with Crippen molar-refractivity contribution in [3.63, 3.8) is 0 Å². The van der Waals surface area contributed by atoms with E-state index in [2.05, 4.69) is 5.92 Å². The molecule has 1 atom stereocenters. The third-order valence-electron chi connectivity index (χ3n) is 1.72. The number of hydrogen-bond donors (Lipinski definition) is 0. The molecule has 0 spiro atoms. The molecular weight excluding hydrogens is 164 g/mol. The van der Waals surface area contributed by atoms with E-state index in [1.54, 1.807) is 0 Å². The van der Waals surface area contributed by atoms with Crippen LogP contribution in [0.4, 0.5) is 0 Å². The summed E-state index contributed by atoms with van der Waals surface area (Å²) in [6.07, 6.45) is 9.02. The smallest absolute Gasteiger partial charge is 0.306 e. The maximum atomic E-state index is 11.0. The Morgan fingerprint density at radius 1 is 1.62 bits per heavy atom. The molecule has 0 aliphatic carbocycles. The topological polar surface area (TPSA) is 26.3 Å². The fraction of sp³-hybridized carbons (Fsp3) is 0.727. The average Bonchev–Trinajstić information content (AvgIpc) is 2.05. The summed E-state index contributed by atoms with van der Waals surface area (Å²) in [6, 6.07) is 0. The van der Waals surface area contributed by atoms with Gasteiger partial charge in [-0.3, -0.25) is 4.79 Å². The lowest BCUT2D eigenvalue weighted by atomic mass is 10.2. The lowest BCUT2D eigenvalue weighted by molar-refractivity contribution is -0.148. The van der Waals surface area contributed by atoms with Crippen LogP contribution >= 0.6 is 0 Å². The van der Waals surface area contributed by atoms with Crippen molar-refractivity contribution in [2.24, 2.45) is 0 Å². The molecular formula is C11H18O2. The molecule has 0 saturated carbocycles. The number of carbonyl (C=O) groups is 1. The van der Waals surface area contributed by atoms with Crippen LogP contribution in [0.15, 0.2) is 0 Å². The van der Waals surface area contributed by atoms with Gasteiger partial charge in [0.15, 0.2) is 0 Å². The zero-order chi connectivity index (χ0) is 10.1. The van der Waals surface area contributed by atoms with Crippen molar-refractivity contribution >= 4 is 5.97 Å². The van der Waals surface area contributed by atoms with E-state index in [0.717, 1.165) is 25.7 Å². The predicted octanol–water partition coefficient (Wildman–Crippen LogP) is 2.52. The predicted molar refractivity (Wildman–Crippen MR) is 53.1 cm³/mol. The molecule has 0 aliphatic rings. The van der Waals surface area contributed by atoms with Crippen LogP contribution in [0.3, 0.4) is 0 Å². The molecule has 0 aromatic carbocycles. The maximum absolute atomic E-state index is 11.0. The van der Waals surface area contributed by atoms with Gasteiger partial charge in [-0.15, -0.1) is 12.3 Å². The van der Waals surface area contributed by atoms with Crippen molar-refractivity contribution in [2.75, 3.05) is 0 Å². The Balaban J connectivity index is 3.44. The molecule has 0 radical (unpaired) electrons. The van der Waals surface area contributed by atoms with Crippen molar-refractivity contribution in [2.45, 2.75) is 52.1 Å². The van der Waals surface area contributed by atoms with Crippen molar-refractivity contribution < 1.29 is 9.53 Å². The number of hydrogen-bond acceptors (Lipinski definition) is 2. The standard InChI is InChI=1S/C11H18O2/c1-4-6-7-9-10(3)13-11(12)8-5-2/h1,10H,5-9H2,2-3H3/t10-/m0/s1. The molecule has 0 N–H and O–H groups in total. The van der Waals surface area contributed by atoms with E-state index in [1.165, 1.54) is 0 Å². The number of ether oxygens (including phenoxy) is 1. The third-order valence-corrected chi connectivity index (χ3v) is 1.72. The van der Waals surface area contributed by atoms with E-state index in [4.69, 9.17) is 11.2 Å². The molecule has 0 rings (SSSR count). The number of terminal acetylenes is 1. The first kappa shape index (κ1) is 12.0. The summed E-state index contributed by atoms with van der Waals surface area (Å²) >= 11 is 0. The maximum Gasteiger partial charge on any atom is 0.306 e. The Bertz CT molecular complexity index is 179. The van der Waals surface area contributed by atoms with Gasteiger partial charge >= 0.3 is 5.97 Å². The second-order valence-corrected chi connectivity index (χ2v) is 3.15. The Hall–Kier alpha value is -0.970. The van der Waals surface area contributed by atoms with Gasteiger partial charge in [-0.25, -0.2) is 0 Å². The van der Waals surface area contributed by atoms with Crippen molar-refractivity contribution in [3.8, 4) is 12.3 Å². The summed E-state index contributed by atoms with van der Waals surface area (Å²) in [5, 5.41) is 0. The molecule has 0 saturated heterocycles. The van der Waals surface area contributed by atoms with Gasteiger partial charge in [0.05, 0.1) is 6.10 Å². The highest BCUT2D eigenvalue weighted by Crippen LogP contribution is 2.05. The highest BCUT2D eigenvalue weighted by molar-refractivity contribution is 5.69. The zero-order valence-electron chi connectivity index (χ0n) is 8.51. The summed E-state index contributed by atoms with van der Waals surface area (Å²) in [6.45, 7) is 3.87. The van der Waals surface area contributed by atoms with Crippen molar-refractivity contribution in [1.82, 2.24) is 0 Å². The van der Waals surface area contributed by atoms with Crippen LogP contribution in [-0.4, -0.2) is 12.1 Å². The monoisotopic (exact) mass is 182 g/mol. The van der Waals surface area contributed by atoms with Gasteiger partial charge in [-0.1, -0.05) is 6.92 Å². The van der Waals surface area contributed by atoms with Crippen LogP contribution < -0.4 is 0 Å². The molecule has 2 nitrogen and oxygen atoms in total. The Morgan fingerprint density at radius 3 is 2.85 bits per heavy atom. The Morgan fingerprint density at radius 2 is 2.31 bits per heavy atom. The van der Waals surface area contributed by atoms with E-state index >= 15 is 0 Å². The van der Waals surface area contributed by atoms with Gasteiger partial charge in [0, 0.05) is 12.8 Å². The molecule has 2 heteroatoms. The molecule has 74 valence electrons. The average molecular weight is 182 g/mol. The van der Waals surface area contributed by atoms with Crippen LogP contribution in [-0.2, 0) is 9.53 Å². The fourth-order valence-electron chi connectivity index (χ4n) is 1.04. The summed E-state index contributed by atoms with van der Waals surface area (Å²) in [4.78, 5) is 11.0. The van der Waals surface area contributed by atoms with Crippen LogP contribution in [0.25, 0.3) is 0 Å². The van der Waals surface area contributed by atoms with E-state index in [-0.39, 0.29) is 12.1 Å². The molecule has 0 fully saturated rings. The number of rotatable bonds is 6. The minimum Gasteiger partial charge on any atom is -0.463 e. The first-order valence-electron chi connectivity index (χ1n) is 4.83. The van der Waals surface area contributed by atoms with E-state index in [1.807, 2.05) is 13.8 Å². The highest BCUT2D eigenvalue weighted by Gasteiger charge is 2.07. The quantitative estimate of drug-likeness (QED) is 0.358. The van der Waals surface area contributed by atoms with Crippen LogP contribution in [0, 0.1) is 12.3 Å². The van der Waals surface area contributed by atoms with Gasteiger partial charge in [-0.2, -0.15) is 0 Å². The van der Waals surface area contributed by atoms with Gasteiger partial charge in [-0.05, 0) is 26.2 Å². The highest BCUT2D eigenvalue weighted by atomic mass is 16.5. The van der Waals surface area contributed by atoms with E-state index < -0.39 is 0 Å². The summed E-state index contributed by atoms with van der Waals surface area (Å²) in [5.41, 5.74) is 0. The van der Waals surface area contributed by atoms with Gasteiger partial charge in [0.1, 0.15) is 0 Å². The van der Waals surface area contributed by atoms with Crippen LogP contribution in [0.2, 0.25) is 0 Å². The minimum atomic E-state index is -0.101. The van der Waals surface area contributed by atoms with Crippen LogP contribution in [0.5, 0.6) is 0 Å². The first-order valence-corrected chi connectivity index (χ1v) is 4.83. The number of esters is 1. The molecule has 0 amide bonds. The summed E-state index contributed by atoms with van der Waals surface area (Å²) < 4.78 is 5.13. The van der Waals surface area contributed by atoms with Crippen molar-refractivity contribution in [3.05, 3.63) is 0 Å². The van der Waals surface area contributed by atoms with Gasteiger partial charge in [0.25, 0.3) is 0 Å². The normalized spacial score (nSPS) is 11.8. The molecule has 0 aromatic heterocycles. The molecule has 0 bridgehead atoms. The summed E-state index contributed by atoms with van der Waals surface area (Å²) in [7, 11) is 0. The lowest BCUT2D eigenvalue weighted by Crippen LogP contribution is -2.14. The SMILES string of the molecule is C#CCCC[C@H](C)OC(=O)CCC. The minimum absolute atomic E-state index is 0.00685. The zero-order valence-corrected chi connectivity index (χ0v) is 8.51. The fourth-order valence-corrected chi connectivity index (χ4v) is 1.04. The van der Waals surface area contributed by atoms with E-state index in [9.17, 15) is 4.79 Å². The molecule has 0 aromatic rings. The van der Waals surface area contributed by atoms with Crippen molar-refractivity contribution in [1.29, 1.82) is 0 Å². The number of unbranched alkanes of at least 4 members (excludes halogenated alkanes) is 1. The Kier molecular flexibility index (Phi) is 7.10. The first-order chi connectivity index (χ1) is 6.20. The molecule has 0 heterocycles. The van der Waals surface area contributed by atoms with Gasteiger partial charge in [0.2, 0.25) is 0 Å². The lowest BCUT2D eigenvalue weighted by Gasteiger charge is -2.11. The van der Waals surface area contributed by atoms with Crippen LogP contribution in [0.1, 0.15) is 46.0 Å². The van der Waals surface area contributed by atoms with Gasteiger partial charge < -0.3 is 4.74 Å².